The molecule has 0 aromatic heterocycles. The van der Waals surface area contributed by atoms with E-state index in [1.807, 2.05) is 7.05 Å². The monoisotopic (exact) mass is 143 g/mol. The van der Waals surface area contributed by atoms with E-state index in [2.05, 4.69) is 30.7 Å². The third-order valence-corrected chi connectivity index (χ3v) is 1.33. The molecule has 0 saturated heterocycles. The maximum absolute atomic E-state index is 3.12. The maximum Gasteiger partial charge on any atom is 0.000669 e. The van der Waals surface area contributed by atoms with Crippen LogP contribution < -0.4 is 5.32 Å². The molecule has 2 heteroatoms. The topological polar surface area (TPSA) is 15.3 Å². The summed E-state index contributed by atoms with van der Waals surface area (Å²) in [5.74, 6) is 0. The van der Waals surface area contributed by atoms with E-state index in [1.54, 1.807) is 0 Å². The molecule has 1 N–H and O–H groups in total. The summed E-state index contributed by atoms with van der Waals surface area (Å²) in [5.41, 5.74) is 0. The Balaban J connectivity index is 2.77. The SMILES string of the molecule is CNCCC[CH]CN(C)C. The molecule has 0 spiro atoms. The molecule has 0 aliphatic rings. The number of unbranched alkanes of at least 4 members (excludes halogenated alkanes) is 2. The standard InChI is InChI=1S/C8H19N2/c1-9-7-5-4-6-8-10(2)3/h6,9H,4-5,7-8H2,1-3H3. The predicted molar refractivity (Wildman–Crippen MR) is 46.0 cm³/mol. The van der Waals surface area contributed by atoms with Gasteiger partial charge in [0.15, 0.2) is 0 Å². The van der Waals surface area contributed by atoms with E-state index in [9.17, 15) is 0 Å². The summed E-state index contributed by atoms with van der Waals surface area (Å²) in [5, 5.41) is 3.12. The van der Waals surface area contributed by atoms with Gasteiger partial charge >= 0.3 is 0 Å². The van der Waals surface area contributed by atoms with Gasteiger partial charge in [0.05, 0.1) is 0 Å². The first-order valence-corrected chi connectivity index (χ1v) is 3.88. The molecule has 10 heavy (non-hydrogen) atoms. The zero-order valence-electron chi connectivity index (χ0n) is 7.35. The van der Waals surface area contributed by atoms with Crippen molar-refractivity contribution in [2.24, 2.45) is 0 Å². The fourth-order valence-corrected chi connectivity index (χ4v) is 0.773. The Morgan fingerprint density at radius 1 is 1.40 bits per heavy atom. The molecule has 0 aromatic rings. The Bertz CT molecular complexity index is 62.3. The van der Waals surface area contributed by atoms with Crippen LogP contribution in [0.2, 0.25) is 0 Å². The Morgan fingerprint density at radius 2 is 2.10 bits per heavy atom. The van der Waals surface area contributed by atoms with E-state index in [-0.39, 0.29) is 0 Å². The minimum absolute atomic E-state index is 1.10. The van der Waals surface area contributed by atoms with Crippen molar-refractivity contribution in [3.63, 3.8) is 0 Å². The van der Waals surface area contributed by atoms with Gasteiger partial charge in [-0.15, -0.1) is 0 Å². The van der Waals surface area contributed by atoms with E-state index in [0.29, 0.717) is 0 Å². The van der Waals surface area contributed by atoms with Crippen LogP contribution in [0, 0.1) is 6.42 Å². The smallest absolute Gasteiger partial charge is 0.000669 e. The molecule has 0 fully saturated rings. The highest BCUT2D eigenvalue weighted by Gasteiger charge is 1.89. The average Bonchev–Trinajstić information content (AvgIpc) is 1.87. The first-order valence-electron chi connectivity index (χ1n) is 3.88. The van der Waals surface area contributed by atoms with Gasteiger partial charge in [-0.1, -0.05) is 0 Å². The van der Waals surface area contributed by atoms with Crippen molar-refractivity contribution in [1.29, 1.82) is 0 Å². The summed E-state index contributed by atoms with van der Waals surface area (Å²) >= 11 is 0. The number of hydrogen-bond donors (Lipinski definition) is 1. The second-order valence-corrected chi connectivity index (χ2v) is 2.80. The molecule has 0 aromatic carbocycles. The van der Waals surface area contributed by atoms with Crippen molar-refractivity contribution >= 4 is 0 Å². The van der Waals surface area contributed by atoms with Crippen LogP contribution in [0.25, 0.3) is 0 Å². The van der Waals surface area contributed by atoms with Gasteiger partial charge < -0.3 is 10.2 Å². The van der Waals surface area contributed by atoms with Crippen LogP contribution in [0.4, 0.5) is 0 Å². The van der Waals surface area contributed by atoms with Crippen molar-refractivity contribution in [3.8, 4) is 0 Å². The molecule has 0 unspecified atom stereocenters. The summed E-state index contributed by atoms with van der Waals surface area (Å²) in [6, 6.07) is 0. The zero-order chi connectivity index (χ0) is 7.82. The third kappa shape index (κ3) is 7.92. The van der Waals surface area contributed by atoms with E-state index in [0.717, 1.165) is 13.1 Å². The molecule has 0 atom stereocenters. The first kappa shape index (κ1) is 9.92. The fourth-order valence-electron chi connectivity index (χ4n) is 0.773. The van der Waals surface area contributed by atoms with E-state index < -0.39 is 0 Å². The Hall–Kier alpha value is -0.0800. The molecule has 1 radical (unpaired) electrons. The van der Waals surface area contributed by atoms with Gasteiger partial charge in [-0.3, -0.25) is 0 Å². The first-order chi connectivity index (χ1) is 4.77. The van der Waals surface area contributed by atoms with Gasteiger partial charge in [-0.2, -0.15) is 0 Å². The zero-order valence-corrected chi connectivity index (χ0v) is 7.35. The maximum atomic E-state index is 3.12. The number of nitrogens with one attached hydrogen (secondary N) is 1. The largest absolute Gasteiger partial charge is 0.320 e. The highest BCUT2D eigenvalue weighted by atomic mass is 15.0. The summed E-state index contributed by atoms with van der Waals surface area (Å²) in [4.78, 5) is 2.18. The summed E-state index contributed by atoms with van der Waals surface area (Å²) in [7, 11) is 6.18. The summed E-state index contributed by atoms with van der Waals surface area (Å²) in [6.45, 7) is 2.23. The molecule has 0 rings (SSSR count). The number of hydrogen-bond acceptors (Lipinski definition) is 2. The molecule has 0 bridgehead atoms. The minimum Gasteiger partial charge on any atom is -0.320 e. The Morgan fingerprint density at radius 3 is 2.60 bits per heavy atom. The highest BCUT2D eigenvalue weighted by molar-refractivity contribution is 4.67. The summed E-state index contributed by atoms with van der Waals surface area (Å²) in [6.07, 6.45) is 4.79. The van der Waals surface area contributed by atoms with Gasteiger partial charge in [0.2, 0.25) is 0 Å². The van der Waals surface area contributed by atoms with Gasteiger partial charge in [0.25, 0.3) is 0 Å². The van der Waals surface area contributed by atoms with Crippen LogP contribution in [-0.4, -0.2) is 39.1 Å². The predicted octanol–water partition coefficient (Wildman–Crippen LogP) is 0.752. The van der Waals surface area contributed by atoms with Crippen LogP contribution in [0.5, 0.6) is 0 Å². The normalized spacial score (nSPS) is 10.8. The lowest BCUT2D eigenvalue weighted by atomic mass is 10.2. The second kappa shape index (κ2) is 7.03. The molecule has 0 saturated carbocycles. The quantitative estimate of drug-likeness (QED) is 0.552. The lowest BCUT2D eigenvalue weighted by Crippen LogP contribution is -2.14. The molecule has 0 aliphatic heterocycles. The van der Waals surface area contributed by atoms with Crippen LogP contribution >= 0.6 is 0 Å². The van der Waals surface area contributed by atoms with Crippen LogP contribution in [0.3, 0.4) is 0 Å². The van der Waals surface area contributed by atoms with Crippen LogP contribution in [0.15, 0.2) is 0 Å². The fraction of sp³-hybridized carbons (Fsp3) is 0.875. The van der Waals surface area contributed by atoms with Gasteiger partial charge in [0.1, 0.15) is 0 Å². The molecular weight excluding hydrogens is 124 g/mol. The van der Waals surface area contributed by atoms with Crippen molar-refractivity contribution in [2.45, 2.75) is 12.8 Å². The van der Waals surface area contributed by atoms with Crippen molar-refractivity contribution < 1.29 is 0 Å². The lowest BCUT2D eigenvalue weighted by Gasteiger charge is -2.07. The molecule has 2 nitrogen and oxygen atoms in total. The van der Waals surface area contributed by atoms with E-state index in [1.165, 1.54) is 12.8 Å². The van der Waals surface area contributed by atoms with Crippen molar-refractivity contribution in [1.82, 2.24) is 10.2 Å². The molecule has 0 amide bonds. The second-order valence-electron chi connectivity index (χ2n) is 2.80. The molecular formula is C8H19N2. The van der Waals surface area contributed by atoms with Crippen LogP contribution in [0.1, 0.15) is 12.8 Å². The molecule has 0 heterocycles. The van der Waals surface area contributed by atoms with Crippen LogP contribution in [-0.2, 0) is 0 Å². The van der Waals surface area contributed by atoms with E-state index >= 15 is 0 Å². The van der Waals surface area contributed by atoms with Gasteiger partial charge in [-0.05, 0) is 47.0 Å². The van der Waals surface area contributed by atoms with Crippen molar-refractivity contribution in [3.05, 3.63) is 6.42 Å². The van der Waals surface area contributed by atoms with Gasteiger partial charge in [-0.25, -0.2) is 0 Å². The lowest BCUT2D eigenvalue weighted by molar-refractivity contribution is 0.434. The van der Waals surface area contributed by atoms with Crippen molar-refractivity contribution in [2.75, 3.05) is 34.2 Å². The Labute approximate surface area is 64.6 Å². The average molecular weight is 143 g/mol. The minimum atomic E-state index is 1.10. The molecule has 61 valence electrons. The summed E-state index contributed by atoms with van der Waals surface area (Å²) < 4.78 is 0. The van der Waals surface area contributed by atoms with E-state index in [4.69, 9.17) is 0 Å². The van der Waals surface area contributed by atoms with Gasteiger partial charge in [0, 0.05) is 6.54 Å². The highest BCUT2D eigenvalue weighted by Crippen LogP contribution is 1.92. The third-order valence-electron chi connectivity index (χ3n) is 1.33. The number of rotatable bonds is 6. The number of nitrogens with zero attached hydrogens (tertiary/aromatic N) is 1. The molecule has 0 aliphatic carbocycles. The Kier molecular flexibility index (Phi) is 6.98.